The van der Waals surface area contributed by atoms with E-state index < -0.39 is 0 Å². The topological polar surface area (TPSA) is 15.3 Å². The molecule has 0 aliphatic heterocycles. The average molecular weight is 341 g/mol. The summed E-state index contributed by atoms with van der Waals surface area (Å²) in [5, 5.41) is 3.37. The van der Waals surface area contributed by atoms with Crippen LogP contribution in [-0.4, -0.2) is 19.6 Å². The SMILES string of the molecule is CCNCc1ccc(N(CC(C)C)CC(C)C)cc1Br. The van der Waals surface area contributed by atoms with E-state index in [-0.39, 0.29) is 0 Å². The molecule has 0 aliphatic rings. The third-order valence-corrected chi connectivity index (χ3v) is 3.88. The van der Waals surface area contributed by atoms with E-state index in [1.165, 1.54) is 15.7 Å². The van der Waals surface area contributed by atoms with Gasteiger partial charge in [0.25, 0.3) is 0 Å². The van der Waals surface area contributed by atoms with Crippen LogP contribution in [0.5, 0.6) is 0 Å². The molecule has 0 fully saturated rings. The first-order chi connectivity index (χ1) is 9.43. The van der Waals surface area contributed by atoms with Crippen LogP contribution >= 0.6 is 15.9 Å². The summed E-state index contributed by atoms with van der Waals surface area (Å²) in [4.78, 5) is 2.50. The van der Waals surface area contributed by atoms with Gasteiger partial charge in [-0.05, 0) is 36.1 Å². The third kappa shape index (κ3) is 5.84. The van der Waals surface area contributed by atoms with Gasteiger partial charge < -0.3 is 10.2 Å². The molecule has 1 aromatic rings. The molecule has 0 spiro atoms. The van der Waals surface area contributed by atoms with Crippen LogP contribution in [0.15, 0.2) is 22.7 Å². The van der Waals surface area contributed by atoms with Crippen molar-refractivity contribution in [3.63, 3.8) is 0 Å². The van der Waals surface area contributed by atoms with Crippen molar-refractivity contribution in [3.8, 4) is 0 Å². The van der Waals surface area contributed by atoms with Gasteiger partial charge in [-0.15, -0.1) is 0 Å². The first kappa shape index (κ1) is 17.5. The number of hydrogen-bond donors (Lipinski definition) is 1. The van der Waals surface area contributed by atoms with Crippen molar-refractivity contribution in [3.05, 3.63) is 28.2 Å². The Bertz CT molecular complexity index is 392. The zero-order chi connectivity index (χ0) is 15.1. The molecule has 0 heterocycles. The number of hydrogen-bond acceptors (Lipinski definition) is 2. The lowest BCUT2D eigenvalue weighted by Crippen LogP contribution is -2.31. The predicted octanol–water partition coefficient (Wildman–Crippen LogP) is 4.68. The van der Waals surface area contributed by atoms with Crippen LogP contribution in [0.25, 0.3) is 0 Å². The molecule has 114 valence electrons. The molecule has 0 radical (unpaired) electrons. The summed E-state index contributed by atoms with van der Waals surface area (Å²) in [7, 11) is 0. The van der Waals surface area contributed by atoms with Crippen molar-refractivity contribution in [2.45, 2.75) is 41.2 Å². The number of nitrogens with zero attached hydrogens (tertiary/aromatic N) is 1. The molecule has 1 aromatic carbocycles. The smallest absolute Gasteiger partial charge is 0.0377 e. The first-order valence-electron chi connectivity index (χ1n) is 7.68. The van der Waals surface area contributed by atoms with Gasteiger partial charge >= 0.3 is 0 Å². The first-order valence-corrected chi connectivity index (χ1v) is 8.47. The monoisotopic (exact) mass is 340 g/mol. The molecular formula is C17H29BrN2. The van der Waals surface area contributed by atoms with Gasteiger partial charge in [-0.1, -0.05) is 56.6 Å². The number of anilines is 1. The molecule has 3 heteroatoms. The zero-order valence-corrected chi connectivity index (χ0v) is 15.1. The Morgan fingerprint density at radius 3 is 2.15 bits per heavy atom. The van der Waals surface area contributed by atoms with Gasteiger partial charge in [0.15, 0.2) is 0 Å². The summed E-state index contributed by atoms with van der Waals surface area (Å²) in [6.45, 7) is 15.4. The van der Waals surface area contributed by atoms with Gasteiger partial charge in [-0.25, -0.2) is 0 Å². The van der Waals surface area contributed by atoms with Crippen molar-refractivity contribution in [1.29, 1.82) is 0 Å². The lowest BCUT2D eigenvalue weighted by atomic mass is 10.1. The predicted molar refractivity (Wildman–Crippen MR) is 93.4 cm³/mol. The van der Waals surface area contributed by atoms with E-state index in [4.69, 9.17) is 0 Å². The summed E-state index contributed by atoms with van der Waals surface area (Å²) in [5.41, 5.74) is 2.64. The van der Waals surface area contributed by atoms with Gasteiger partial charge in [-0.2, -0.15) is 0 Å². The van der Waals surface area contributed by atoms with Gasteiger partial charge in [-0.3, -0.25) is 0 Å². The van der Waals surface area contributed by atoms with Crippen LogP contribution in [0.3, 0.4) is 0 Å². The Kier molecular flexibility index (Phi) is 7.60. The summed E-state index contributed by atoms with van der Waals surface area (Å²) < 4.78 is 1.20. The number of benzene rings is 1. The maximum Gasteiger partial charge on any atom is 0.0377 e. The second kappa shape index (κ2) is 8.68. The van der Waals surface area contributed by atoms with Crippen LogP contribution in [0.2, 0.25) is 0 Å². The Balaban J connectivity index is 2.87. The van der Waals surface area contributed by atoms with E-state index in [9.17, 15) is 0 Å². The summed E-state index contributed by atoms with van der Waals surface area (Å²) in [6.07, 6.45) is 0. The van der Waals surface area contributed by atoms with Gasteiger partial charge in [0.05, 0.1) is 0 Å². The Labute approximate surface area is 133 Å². The summed E-state index contributed by atoms with van der Waals surface area (Å²) >= 11 is 3.71. The normalized spacial score (nSPS) is 11.4. The number of rotatable bonds is 8. The molecule has 0 amide bonds. The quantitative estimate of drug-likeness (QED) is 0.739. The lowest BCUT2D eigenvalue weighted by molar-refractivity contribution is 0.552. The highest BCUT2D eigenvalue weighted by atomic mass is 79.9. The van der Waals surface area contributed by atoms with E-state index >= 15 is 0 Å². The Morgan fingerprint density at radius 2 is 1.70 bits per heavy atom. The number of halogens is 1. The Hall–Kier alpha value is -0.540. The van der Waals surface area contributed by atoms with Crippen LogP contribution in [0, 0.1) is 11.8 Å². The fourth-order valence-corrected chi connectivity index (χ4v) is 2.81. The molecule has 0 saturated heterocycles. The standard InChI is InChI=1S/C17H29BrN2/c1-6-19-10-15-7-8-16(9-17(15)18)20(11-13(2)3)12-14(4)5/h7-9,13-14,19H,6,10-12H2,1-5H3. The lowest BCUT2D eigenvalue weighted by Gasteiger charge is -2.29. The van der Waals surface area contributed by atoms with Crippen LogP contribution in [0.4, 0.5) is 5.69 Å². The number of nitrogens with one attached hydrogen (secondary N) is 1. The maximum absolute atomic E-state index is 3.71. The second-order valence-corrected chi connectivity index (χ2v) is 7.10. The molecule has 0 aromatic heterocycles. The van der Waals surface area contributed by atoms with Crippen LogP contribution in [-0.2, 0) is 6.54 Å². The average Bonchev–Trinajstić information content (AvgIpc) is 2.35. The zero-order valence-electron chi connectivity index (χ0n) is 13.5. The van der Waals surface area contributed by atoms with Gasteiger partial charge in [0.1, 0.15) is 0 Å². The highest BCUT2D eigenvalue weighted by Crippen LogP contribution is 2.25. The van der Waals surface area contributed by atoms with E-state index in [1.54, 1.807) is 0 Å². The molecule has 0 saturated carbocycles. The summed E-state index contributed by atoms with van der Waals surface area (Å²) in [6, 6.07) is 6.75. The minimum Gasteiger partial charge on any atom is -0.371 e. The fraction of sp³-hybridized carbons (Fsp3) is 0.647. The minimum atomic E-state index is 0.675. The van der Waals surface area contributed by atoms with E-state index in [0.717, 1.165) is 26.2 Å². The van der Waals surface area contributed by atoms with Gasteiger partial charge in [0.2, 0.25) is 0 Å². The molecule has 0 unspecified atom stereocenters. The van der Waals surface area contributed by atoms with Crippen molar-refractivity contribution in [2.75, 3.05) is 24.5 Å². The van der Waals surface area contributed by atoms with Crippen molar-refractivity contribution >= 4 is 21.6 Å². The molecule has 20 heavy (non-hydrogen) atoms. The van der Waals surface area contributed by atoms with Crippen molar-refractivity contribution < 1.29 is 0 Å². The summed E-state index contributed by atoms with van der Waals surface area (Å²) in [5.74, 6) is 1.35. The largest absolute Gasteiger partial charge is 0.371 e. The molecular weight excluding hydrogens is 312 g/mol. The highest BCUT2D eigenvalue weighted by Gasteiger charge is 2.12. The molecule has 2 nitrogen and oxygen atoms in total. The third-order valence-electron chi connectivity index (χ3n) is 3.14. The molecule has 1 N–H and O–H groups in total. The van der Waals surface area contributed by atoms with E-state index in [1.807, 2.05) is 0 Å². The van der Waals surface area contributed by atoms with Gasteiger partial charge in [0, 0.05) is 29.8 Å². The molecule has 0 bridgehead atoms. The molecule has 0 atom stereocenters. The molecule has 1 rings (SSSR count). The van der Waals surface area contributed by atoms with Crippen molar-refractivity contribution in [2.24, 2.45) is 11.8 Å². The minimum absolute atomic E-state index is 0.675. The molecule has 0 aliphatic carbocycles. The van der Waals surface area contributed by atoms with Crippen molar-refractivity contribution in [1.82, 2.24) is 5.32 Å². The second-order valence-electron chi connectivity index (χ2n) is 6.25. The fourth-order valence-electron chi connectivity index (χ4n) is 2.30. The van der Waals surface area contributed by atoms with Crippen LogP contribution in [0.1, 0.15) is 40.2 Å². The van der Waals surface area contributed by atoms with E-state index in [2.05, 4.69) is 79.0 Å². The van der Waals surface area contributed by atoms with Crippen LogP contribution < -0.4 is 10.2 Å². The highest BCUT2D eigenvalue weighted by molar-refractivity contribution is 9.10. The Morgan fingerprint density at radius 1 is 1.10 bits per heavy atom. The van der Waals surface area contributed by atoms with E-state index in [0.29, 0.717) is 11.8 Å². The maximum atomic E-state index is 3.71.